The summed E-state index contributed by atoms with van der Waals surface area (Å²) in [5, 5.41) is 3.81. The van der Waals surface area contributed by atoms with Crippen molar-refractivity contribution >= 4 is 32.6 Å². The lowest BCUT2D eigenvalue weighted by Gasteiger charge is -2.33. The summed E-state index contributed by atoms with van der Waals surface area (Å²) in [6.07, 6.45) is 8.20. The largest absolute Gasteiger partial charge is 0.451 e. The summed E-state index contributed by atoms with van der Waals surface area (Å²) in [4.78, 5) is 27.8. The lowest BCUT2D eigenvalue weighted by atomic mass is 9.93. The first-order valence-corrected chi connectivity index (χ1v) is 13.2. The molecule has 1 N–H and O–H groups in total. The van der Waals surface area contributed by atoms with E-state index >= 15 is 0 Å². The summed E-state index contributed by atoms with van der Waals surface area (Å²) in [7, 11) is -3.36. The van der Waals surface area contributed by atoms with Gasteiger partial charge in [-0.05, 0) is 31.7 Å². The number of carbonyl (C=O) groups excluding carboxylic acids is 2. The van der Waals surface area contributed by atoms with Crippen LogP contribution in [0.15, 0.2) is 28.7 Å². The number of rotatable bonds is 5. The molecule has 8 heteroatoms. The average molecular weight is 447 g/mol. The monoisotopic (exact) mass is 446 g/mol. The number of nitrogens with zero attached hydrogens (tertiary/aromatic N) is 1. The van der Waals surface area contributed by atoms with Gasteiger partial charge in [-0.15, -0.1) is 0 Å². The van der Waals surface area contributed by atoms with E-state index in [-0.39, 0.29) is 35.3 Å². The van der Waals surface area contributed by atoms with Gasteiger partial charge in [0.25, 0.3) is 5.91 Å². The third kappa shape index (κ3) is 5.11. The fraction of sp³-hybridized carbons (Fsp3) is 0.565. The molecule has 1 aliphatic heterocycles. The Labute approximate surface area is 183 Å². The van der Waals surface area contributed by atoms with Crippen molar-refractivity contribution in [2.75, 3.05) is 19.3 Å². The van der Waals surface area contributed by atoms with Gasteiger partial charge in [-0.1, -0.05) is 37.5 Å². The van der Waals surface area contributed by atoms with Crippen molar-refractivity contribution in [1.29, 1.82) is 0 Å². The maximum atomic E-state index is 13.3. The van der Waals surface area contributed by atoms with E-state index in [9.17, 15) is 18.0 Å². The molecular weight excluding hydrogens is 416 g/mol. The first-order valence-electron chi connectivity index (χ1n) is 11.1. The molecule has 1 unspecified atom stereocenters. The van der Waals surface area contributed by atoms with Crippen molar-refractivity contribution in [3.8, 4) is 0 Å². The number of fused-ring (bicyclic) bond motifs is 1. The smallest absolute Gasteiger partial charge is 0.289 e. The highest BCUT2D eigenvalue weighted by Crippen LogP contribution is 2.30. The number of para-hydroxylation sites is 1. The highest BCUT2D eigenvalue weighted by Gasteiger charge is 2.33. The number of carbonyl (C=O) groups is 2. The van der Waals surface area contributed by atoms with E-state index in [2.05, 4.69) is 5.32 Å². The van der Waals surface area contributed by atoms with Crippen LogP contribution in [0, 0.1) is 5.92 Å². The molecule has 1 aromatic carbocycles. The third-order valence-corrected chi connectivity index (χ3v) is 7.14. The van der Waals surface area contributed by atoms with Gasteiger partial charge < -0.3 is 14.6 Å². The third-order valence-electron chi connectivity index (χ3n) is 6.33. The molecule has 1 aromatic heterocycles. The SMILES string of the molecule is CS(=O)(=O)Cc1c(C(=O)N2CCCC(C(=O)NC3CCCCC3)C2)oc2ccccc12. The fourth-order valence-corrected chi connectivity index (χ4v) is 5.57. The summed E-state index contributed by atoms with van der Waals surface area (Å²) in [5.41, 5.74) is 0.894. The highest BCUT2D eigenvalue weighted by atomic mass is 32.2. The predicted octanol–water partition coefficient (Wildman–Crippen LogP) is 3.28. The Hall–Kier alpha value is -2.35. The van der Waals surface area contributed by atoms with E-state index in [4.69, 9.17) is 4.42 Å². The van der Waals surface area contributed by atoms with Crippen LogP contribution >= 0.6 is 0 Å². The second-order valence-corrected chi connectivity index (χ2v) is 11.1. The molecule has 0 spiro atoms. The van der Waals surface area contributed by atoms with Crippen LogP contribution in [0.2, 0.25) is 0 Å². The molecule has 4 rings (SSSR count). The lowest BCUT2D eigenvalue weighted by molar-refractivity contribution is -0.127. The van der Waals surface area contributed by atoms with Crippen LogP contribution in [0.5, 0.6) is 0 Å². The van der Waals surface area contributed by atoms with Crippen LogP contribution < -0.4 is 5.32 Å². The van der Waals surface area contributed by atoms with Crippen LogP contribution in [0.25, 0.3) is 11.0 Å². The van der Waals surface area contributed by atoms with Crippen LogP contribution in [0.3, 0.4) is 0 Å². The minimum atomic E-state index is -3.36. The Kier molecular flexibility index (Phi) is 6.36. The zero-order valence-corrected chi connectivity index (χ0v) is 18.7. The molecule has 2 aromatic rings. The lowest BCUT2D eigenvalue weighted by Crippen LogP contribution is -2.48. The van der Waals surface area contributed by atoms with Gasteiger partial charge in [0.2, 0.25) is 5.91 Å². The molecule has 1 saturated carbocycles. The minimum absolute atomic E-state index is 0.0189. The molecule has 2 aliphatic rings. The molecule has 31 heavy (non-hydrogen) atoms. The zero-order valence-electron chi connectivity index (χ0n) is 17.9. The van der Waals surface area contributed by atoms with Gasteiger partial charge in [0.1, 0.15) is 5.58 Å². The van der Waals surface area contributed by atoms with Crippen molar-refractivity contribution in [2.45, 2.75) is 56.7 Å². The van der Waals surface area contributed by atoms with Gasteiger partial charge in [-0.25, -0.2) is 8.42 Å². The quantitative estimate of drug-likeness (QED) is 0.760. The molecule has 0 bridgehead atoms. The molecule has 7 nitrogen and oxygen atoms in total. The molecule has 2 fully saturated rings. The second kappa shape index (κ2) is 9.02. The molecule has 2 heterocycles. The molecule has 1 aliphatic carbocycles. The predicted molar refractivity (Wildman–Crippen MR) is 118 cm³/mol. The van der Waals surface area contributed by atoms with Crippen LogP contribution in [-0.4, -0.2) is 50.5 Å². The fourth-order valence-electron chi connectivity index (χ4n) is 4.76. The summed E-state index contributed by atoms with van der Waals surface area (Å²) in [6, 6.07) is 7.33. The number of hydrogen-bond donors (Lipinski definition) is 1. The van der Waals surface area contributed by atoms with Crippen LogP contribution in [0.1, 0.15) is 61.1 Å². The van der Waals surface area contributed by atoms with Crippen LogP contribution in [-0.2, 0) is 20.4 Å². The molecule has 2 amide bonds. The summed E-state index contributed by atoms with van der Waals surface area (Å²) in [6.45, 7) is 0.855. The second-order valence-electron chi connectivity index (χ2n) is 8.91. The van der Waals surface area contributed by atoms with Gasteiger partial charge in [-0.3, -0.25) is 9.59 Å². The van der Waals surface area contributed by atoms with E-state index in [0.29, 0.717) is 29.6 Å². The molecule has 0 radical (unpaired) electrons. The van der Waals surface area contributed by atoms with Crippen LogP contribution in [0.4, 0.5) is 0 Å². The molecular formula is C23H30N2O5S. The number of benzene rings is 1. The Morgan fingerprint density at radius 3 is 2.58 bits per heavy atom. The first kappa shape index (κ1) is 21.9. The van der Waals surface area contributed by atoms with Crippen molar-refractivity contribution in [2.24, 2.45) is 5.92 Å². The average Bonchev–Trinajstić information content (AvgIpc) is 3.11. The summed E-state index contributed by atoms with van der Waals surface area (Å²) >= 11 is 0. The standard InChI is InChI=1S/C23H30N2O5S/c1-31(28,29)15-19-18-11-5-6-12-20(18)30-21(19)23(27)25-13-7-8-16(14-25)22(26)24-17-9-3-2-4-10-17/h5-6,11-12,16-17H,2-4,7-10,13-15H2,1H3,(H,24,26). The number of furan rings is 1. The Balaban J connectivity index is 1.53. The van der Waals surface area contributed by atoms with E-state index in [1.165, 1.54) is 6.42 Å². The van der Waals surface area contributed by atoms with E-state index < -0.39 is 9.84 Å². The number of piperidine rings is 1. The zero-order chi connectivity index (χ0) is 22.0. The summed E-state index contributed by atoms with van der Waals surface area (Å²) in [5.74, 6) is -0.762. The normalized spacial score (nSPS) is 20.7. The van der Waals surface area contributed by atoms with E-state index in [1.54, 1.807) is 29.2 Å². The summed E-state index contributed by atoms with van der Waals surface area (Å²) < 4.78 is 29.8. The van der Waals surface area contributed by atoms with E-state index in [1.807, 2.05) is 0 Å². The number of likely N-dealkylation sites (tertiary alicyclic amines) is 1. The minimum Gasteiger partial charge on any atom is -0.451 e. The van der Waals surface area contributed by atoms with Gasteiger partial charge >= 0.3 is 0 Å². The van der Waals surface area contributed by atoms with Crippen molar-refractivity contribution in [3.05, 3.63) is 35.6 Å². The maximum absolute atomic E-state index is 13.3. The molecule has 168 valence electrons. The topological polar surface area (TPSA) is 96.7 Å². The Morgan fingerprint density at radius 2 is 1.84 bits per heavy atom. The van der Waals surface area contributed by atoms with Gasteiger partial charge in [-0.2, -0.15) is 0 Å². The van der Waals surface area contributed by atoms with Crippen molar-refractivity contribution in [1.82, 2.24) is 10.2 Å². The highest BCUT2D eigenvalue weighted by molar-refractivity contribution is 7.89. The maximum Gasteiger partial charge on any atom is 0.289 e. The first-order chi connectivity index (χ1) is 14.8. The molecule has 1 saturated heterocycles. The van der Waals surface area contributed by atoms with Gasteiger partial charge in [0.15, 0.2) is 15.6 Å². The van der Waals surface area contributed by atoms with Crippen molar-refractivity contribution < 1.29 is 22.4 Å². The Bertz CT molecular complexity index is 1070. The van der Waals surface area contributed by atoms with E-state index in [0.717, 1.165) is 44.8 Å². The number of hydrogen-bond acceptors (Lipinski definition) is 5. The number of amides is 2. The van der Waals surface area contributed by atoms with Crippen molar-refractivity contribution in [3.63, 3.8) is 0 Å². The Morgan fingerprint density at radius 1 is 1.10 bits per heavy atom. The van der Waals surface area contributed by atoms with Gasteiger partial charge in [0, 0.05) is 36.3 Å². The number of sulfone groups is 1. The molecule has 1 atom stereocenters. The number of nitrogens with one attached hydrogen (secondary N) is 1. The van der Waals surface area contributed by atoms with Gasteiger partial charge in [0.05, 0.1) is 11.7 Å².